The summed E-state index contributed by atoms with van der Waals surface area (Å²) in [7, 11) is 0. The minimum Gasteiger partial charge on any atom is -0.507 e. The Morgan fingerprint density at radius 2 is 1.75 bits per heavy atom. The molecule has 3 aliphatic heterocycles. The van der Waals surface area contributed by atoms with Gasteiger partial charge >= 0.3 is 5.97 Å². The Bertz CT molecular complexity index is 1720. The number of phenolic OH excluding ortho intramolecular Hbond substituents is 1. The standard InChI is InChI=1S/C34H31NO9/c1-16-13-20-26(22(36)14-16)28-29(35-21(34(41)44-33(20)35)12-11-18-7-4-3-5-8-18)32(40)27-19(31(28)39)9-6-10-24(27)43-25-15-23(37)30(38)17(2)42-25/h3-10,13-14,17,21,23,25,30,33,36-38H,11-12,15H2,1-2H3. The molecular formula is C34H31NO9. The van der Waals surface area contributed by atoms with Crippen molar-refractivity contribution in [3.63, 3.8) is 0 Å². The molecule has 0 amide bonds. The predicted octanol–water partition coefficient (Wildman–Crippen LogP) is 3.60. The van der Waals surface area contributed by atoms with Crippen LogP contribution < -0.4 is 4.74 Å². The number of nitrogens with zero attached hydrogens (tertiary/aromatic N) is 1. The molecule has 3 heterocycles. The molecule has 10 heteroatoms. The summed E-state index contributed by atoms with van der Waals surface area (Å²) in [4.78, 5) is 43.9. The van der Waals surface area contributed by atoms with E-state index in [4.69, 9.17) is 14.2 Å². The molecule has 2 saturated heterocycles. The SMILES string of the molecule is Cc1cc(O)c2c(c1)C1OC(=O)C(CCc3ccccc3)N1C1=C2C(=O)c2cccc(OC3CC(O)C(O)C(C)O3)c2C1=O. The smallest absolute Gasteiger partial charge is 0.331 e. The maximum Gasteiger partial charge on any atom is 0.331 e. The van der Waals surface area contributed by atoms with Gasteiger partial charge in [0.15, 0.2) is 5.78 Å². The molecule has 0 saturated carbocycles. The molecule has 0 bridgehead atoms. The molecule has 7 rings (SSSR count). The third kappa shape index (κ3) is 4.40. The number of esters is 1. The summed E-state index contributed by atoms with van der Waals surface area (Å²) in [5, 5.41) is 31.5. The average molecular weight is 598 g/mol. The van der Waals surface area contributed by atoms with Crippen LogP contribution in [-0.4, -0.2) is 68.4 Å². The molecule has 0 radical (unpaired) electrons. The molecule has 3 aromatic rings. The number of ether oxygens (including phenoxy) is 3. The first-order valence-electron chi connectivity index (χ1n) is 14.7. The first kappa shape index (κ1) is 28.3. The summed E-state index contributed by atoms with van der Waals surface area (Å²) in [6.45, 7) is 3.39. The number of benzene rings is 3. The number of aryl methyl sites for hydroxylation is 2. The van der Waals surface area contributed by atoms with Crippen LogP contribution in [0.2, 0.25) is 0 Å². The van der Waals surface area contributed by atoms with Crippen molar-refractivity contribution < 1.29 is 43.9 Å². The third-order valence-corrected chi connectivity index (χ3v) is 8.82. The van der Waals surface area contributed by atoms with Crippen LogP contribution in [0.25, 0.3) is 5.57 Å². The Kier molecular flexibility index (Phi) is 6.80. The summed E-state index contributed by atoms with van der Waals surface area (Å²) in [6.07, 6.45) is -4.13. The zero-order valence-corrected chi connectivity index (χ0v) is 24.1. The van der Waals surface area contributed by atoms with Crippen LogP contribution >= 0.6 is 0 Å². The number of rotatable bonds is 5. The van der Waals surface area contributed by atoms with Crippen molar-refractivity contribution in [3.05, 3.63) is 99.7 Å². The summed E-state index contributed by atoms with van der Waals surface area (Å²) in [5.74, 6) is -1.72. The lowest BCUT2D eigenvalue weighted by Crippen LogP contribution is -2.48. The first-order chi connectivity index (χ1) is 21.1. The minimum atomic E-state index is -1.10. The number of carbonyl (C=O) groups excluding carboxylic acids is 3. The molecule has 3 N–H and O–H groups in total. The third-order valence-electron chi connectivity index (χ3n) is 8.82. The van der Waals surface area contributed by atoms with E-state index >= 15 is 0 Å². The normalized spacial score (nSPS) is 27.4. The number of hydrogen-bond donors (Lipinski definition) is 3. The highest BCUT2D eigenvalue weighted by Crippen LogP contribution is 2.52. The van der Waals surface area contributed by atoms with Gasteiger partial charge in [-0.1, -0.05) is 42.5 Å². The lowest BCUT2D eigenvalue weighted by atomic mass is 9.78. The summed E-state index contributed by atoms with van der Waals surface area (Å²) in [5.41, 5.74) is 2.35. The number of fused-ring (bicyclic) bond motifs is 6. The van der Waals surface area contributed by atoms with E-state index in [-0.39, 0.29) is 45.9 Å². The van der Waals surface area contributed by atoms with Crippen molar-refractivity contribution in [2.45, 2.75) is 70.0 Å². The summed E-state index contributed by atoms with van der Waals surface area (Å²) >= 11 is 0. The fourth-order valence-corrected chi connectivity index (χ4v) is 6.72. The largest absolute Gasteiger partial charge is 0.507 e. The van der Waals surface area contributed by atoms with Gasteiger partial charge in [0.05, 0.1) is 23.3 Å². The van der Waals surface area contributed by atoms with Gasteiger partial charge in [-0.25, -0.2) is 4.79 Å². The van der Waals surface area contributed by atoms with Gasteiger partial charge in [0.2, 0.25) is 18.3 Å². The van der Waals surface area contributed by atoms with Crippen molar-refractivity contribution in [3.8, 4) is 11.5 Å². The molecule has 3 aromatic carbocycles. The first-order valence-corrected chi connectivity index (χ1v) is 14.7. The number of aromatic hydroxyl groups is 1. The fourth-order valence-electron chi connectivity index (χ4n) is 6.72. The van der Waals surface area contributed by atoms with Crippen LogP contribution in [0.15, 0.2) is 66.4 Å². The van der Waals surface area contributed by atoms with Gasteiger partial charge < -0.3 is 34.4 Å². The molecule has 226 valence electrons. The highest BCUT2D eigenvalue weighted by molar-refractivity contribution is 6.41. The molecule has 0 spiro atoms. The molecule has 2 fully saturated rings. The van der Waals surface area contributed by atoms with Gasteiger partial charge in [-0.3, -0.25) is 9.59 Å². The zero-order chi connectivity index (χ0) is 30.9. The van der Waals surface area contributed by atoms with Gasteiger partial charge in [-0.15, -0.1) is 0 Å². The van der Waals surface area contributed by atoms with E-state index in [1.54, 1.807) is 30.9 Å². The number of phenols is 1. The van der Waals surface area contributed by atoms with Crippen LogP contribution in [0.1, 0.15) is 69.0 Å². The Hall–Kier alpha value is -4.51. The van der Waals surface area contributed by atoms with Gasteiger partial charge in [0.1, 0.15) is 29.3 Å². The van der Waals surface area contributed by atoms with Crippen molar-refractivity contribution in [1.82, 2.24) is 4.90 Å². The van der Waals surface area contributed by atoms with E-state index < -0.39 is 54.4 Å². The number of allylic oxidation sites excluding steroid dienone is 2. The highest BCUT2D eigenvalue weighted by Gasteiger charge is 2.54. The van der Waals surface area contributed by atoms with Crippen molar-refractivity contribution in [2.75, 3.05) is 0 Å². The number of aliphatic hydroxyl groups is 2. The van der Waals surface area contributed by atoms with Gasteiger partial charge in [-0.05, 0) is 56.0 Å². The van der Waals surface area contributed by atoms with Crippen LogP contribution in [-0.2, 0) is 20.7 Å². The number of ketones is 2. The number of hydrogen-bond acceptors (Lipinski definition) is 10. The monoisotopic (exact) mass is 597 g/mol. The maximum absolute atomic E-state index is 14.6. The molecular weight excluding hydrogens is 566 g/mol. The van der Waals surface area contributed by atoms with Crippen LogP contribution in [0, 0.1) is 6.92 Å². The van der Waals surface area contributed by atoms with Crippen molar-refractivity contribution in [1.29, 1.82) is 0 Å². The molecule has 1 aliphatic carbocycles. The van der Waals surface area contributed by atoms with E-state index in [1.165, 1.54) is 18.2 Å². The fraction of sp³-hybridized carbons (Fsp3) is 0.324. The van der Waals surface area contributed by atoms with Gasteiger partial charge in [0, 0.05) is 23.1 Å². The topological polar surface area (TPSA) is 143 Å². The lowest BCUT2D eigenvalue weighted by molar-refractivity contribution is -0.216. The average Bonchev–Trinajstić information content (AvgIpc) is 3.33. The van der Waals surface area contributed by atoms with E-state index in [0.29, 0.717) is 24.0 Å². The molecule has 0 aromatic heterocycles. The summed E-state index contributed by atoms with van der Waals surface area (Å²) < 4.78 is 17.7. The molecule has 10 nitrogen and oxygen atoms in total. The summed E-state index contributed by atoms with van der Waals surface area (Å²) in [6, 6.07) is 16.7. The molecule has 4 aliphatic rings. The van der Waals surface area contributed by atoms with Gasteiger partial charge in [0.25, 0.3) is 0 Å². The van der Waals surface area contributed by atoms with E-state index in [0.717, 1.165) is 5.56 Å². The van der Waals surface area contributed by atoms with Gasteiger partial charge in [-0.2, -0.15) is 0 Å². The van der Waals surface area contributed by atoms with Crippen LogP contribution in [0.5, 0.6) is 11.5 Å². The number of Topliss-reactive ketones (excluding diaryl/α,β-unsaturated/α-hetero) is 2. The Morgan fingerprint density at radius 3 is 2.50 bits per heavy atom. The molecule has 44 heavy (non-hydrogen) atoms. The lowest BCUT2D eigenvalue weighted by Gasteiger charge is -2.39. The molecule has 6 atom stereocenters. The van der Waals surface area contributed by atoms with E-state index in [2.05, 4.69) is 0 Å². The van der Waals surface area contributed by atoms with E-state index in [9.17, 15) is 29.7 Å². The second kappa shape index (κ2) is 10.6. The number of aliphatic hydroxyl groups excluding tert-OH is 2. The highest BCUT2D eigenvalue weighted by atomic mass is 16.7. The van der Waals surface area contributed by atoms with Crippen LogP contribution in [0.4, 0.5) is 0 Å². The Balaban J connectivity index is 1.34. The second-order valence-corrected chi connectivity index (χ2v) is 11.7. The minimum absolute atomic E-state index is 0.00694. The second-order valence-electron chi connectivity index (χ2n) is 11.7. The Morgan fingerprint density at radius 1 is 0.977 bits per heavy atom. The van der Waals surface area contributed by atoms with Crippen molar-refractivity contribution >= 4 is 23.1 Å². The quantitative estimate of drug-likeness (QED) is 0.374. The maximum atomic E-state index is 14.6. The zero-order valence-electron chi connectivity index (χ0n) is 24.1. The van der Waals surface area contributed by atoms with Crippen molar-refractivity contribution in [2.24, 2.45) is 0 Å². The predicted molar refractivity (Wildman–Crippen MR) is 156 cm³/mol. The molecule has 6 unspecified atom stereocenters. The Labute approximate surface area is 253 Å². The van der Waals surface area contributed by atoms with Crippen LogP contribution in [0.3, 0.4) is 0 Å². The van der Waals surface area contributed by atoms with E-state index in [1.807, 2.05) is 30.3 Å². The number of carbonyl (C=O) groups is 3.